The minimum atomic E-state index is 0.871. The lowest BCUT2D eigenvalue weighted by molar-refractivity contribution is 0.900. The molecule has 40 heavy (non-hydrogen) atoms. The summed E-state index contributed by atoms with van der Waals surface area (Å²) in [4.78, 5) is 7.43. The molecule has 0 fully saturated rings. The summed E-state index contributed by atoms with van der Waals surface area (Å²) in [5.74, 6) is 1.09. The molecule has 1 aliphatic carbocycles. The summed E-state index contributed by atoms with van der Waals surface area (Å²) in [6, 6.07) is 44.2. The average molecular weight is 512 g/mol. The number of imidazole rings is 1. The molecule has 1 aliphatic heterocycles. The van der Waals surface area contributed by atoms with Gasteiger partial charge in [-0.3, -0.25) is 4.57 Å². The van der Waals surface area contributed by atoms with Crippen LogP contribution in [0.2, 0.25) is 0 Å². The van der Waals surface area contributed by atoms with E-state index in [1.54, 1.807) is 0 Å². The smallest absolute Gasteiger partial charge is 0.114 e. The van der Waals surface area contributed by atoms with Crippen molar-refractivity contribution >= 4 is 38.9 Å². The Hall–Kier alpha value is -5.15. The molecule has 1 aromatic heterocycles. The number of aryl methyl sites for hydroxylation is 1. The lowest BCUT2D eigenvalue weighted by Crippen LogP contribution is -2.19. The summed E-state index contributed by atoms with van der Waals surface area (Å²) in [5, 5.41) is 2.65. The van der Waals surface area contributed by atoms with Crippen LogP contribution in [0.4, 0.5) is 17.1 Å². The van der Waals surface area contributed by atoms with Gasteiger partial charge in [-0.05, 0) is 80.6 Å². The fraction of sp³-hybridized carbons (Fsp3) is 0.0541. The van der Waals surface area contributed by atoms with Crippen molar-refractivity contribution in [2.24, 2.45) is 0 Å². The Morgan fingerprint density at radius 1 is 0.575 bits per heavy atom. The average Bonchev–Trinajstić information content (AvgIpc) is 3.56. The van der Waals surface area contributed by atoms with Gasteiger partial charge in [0.15, 0.2) is 0 Å². The molecule has 0 saturated heterocycles. The first kappa shape index (κ1) is 21.7. The van der Waals surface area contributed by atoms with Gasteiger partial charge < -0.3 is 4.90 Å². The van der Waals surface area contributed by atoms with Gasteiger partial charge in [-0.15, -0.1) is 0 Å². The van der Waals surface area contributed by atoms with Crippen LogP contribution in [0.1, 0.15) is 12.7 Å². The monoisotopic (exact) mass is 511 g/mol. The molecule has 2 heterocycles. The molecule has 3 nitrogen and oxygen atoms in total. The number of nitrogens with zero attached hydrogens (tertiary/aromatic N) is 3. The van der Waals surface area contributed by atoms with E-state index in [0.717, 1.165) is 29.1 Å². The molecule has 0 spiro atoms. The van der Waals surface area contributed by atoms with E-state index >= 15 is 0 Å². The lowest BCUT2D eigenvalue weighted by Gasteiger charge is -2.33. The molecule has 188 valence electrons. The van der Waals surface area contributed by atoms with E-state index < -0.39 is 0 Å². The Kier molecular flexibility index (Phi) is 4.31. The van der Waals surface area contributed by atoms with Crippen molar-refractivity contribution in [2.75, 3.05) is 4.90 Å². The van der Waals surface area contributed by atoms with Crippen molar-refractivity contribution in [3.63, 3.8) is 0 Å². The highest BCUT2D eigenvalue weighted by molar-refractivity contribution is 6.18. The van der Waals surface area contributed by atoms with Gasteiger partial charge in [-0.25, -0.2) is 4.98 Å². The van der Waals surface area contributed by atoms with Crippen LogP contribution in [0.25, 0.3) is 60.9 Å². The van der Waals surface area contributed by atoms with E-state index in [-0.39, 0.29) is 0 Å². The van der Waals surface area contributed by atoms with Crippen molar-refractivity contribution in [1.29, 1.82) is 0 Å². The van der Waals surface area contributed by atoms with Gasteiger partial charge >= 0.3 is 0 Å². The van der Waals surface area contributed by atoms with Gasteiger partial charge in [0.25, 0.3) is 0 Å². The number of anilines is 3. The maximum absolute atomic E-state index is 5.03. The number of aromatic nitrogens is 2. The normalized spacial score (nSPS) is 12.7. The van der Waals surface area contributed by atoms with E-state index in [2.05, 4.69) is 138 Å². The molecular weight excluding hydrogens is 486 g/mol. The highest BCUT2D eigenvalue weighted by Gasteiger charge is 2.29. The lowest BCUT2D eigenvalue weighted by atomic mass is 9.93. The summed E-state index contributed by atoms with van der Waals surface area (Å²) in [6.45, 7) is 2.19. The van der Waals surface area contributed by atoms with E-state index in [1.807, 2.05) is 0 Å². The SMILES string of the molecule is CCc1nc2cccc3c2n1-c1ccc(-c2ccc4c5c(cccc25)-c2ccccc2-4)cc1N3c1ccccc1. The van der Waals surface area contributed by atoms with Crippen molar-refractivity contribution < 1.29 is 0 Å². The van der Waals surface area contributed by atoms with Crippen LogP contribution >= 0.6 is 0 Å². The predicted molar refractivity (Wildman–Crippen MR) is 166 cm³/mol. The second-order valence-corrected chi connectivity index (χ2v) is 10.7. The highest BCUT2D eigenvalue weighted by atomic mass is 15.2. The van der Waals surface area contributed by atoms with Crippen molar-refractivity contribution in [3.05, 3.63) is 127 Å². The first-order valence-electron chi connectivity index (χ1n) is 14.0. The van der Waals surface area contributed by atoms with Crippen LogP contribution in [-0.4, -0.2) is 9.55 Å². The van der Waals surface area contributed by atoms with E-state index in [1.165, 1.54) is 61.0 Å². The first-order valence-corrected chi connectivity index (χ1v) is 14.0. The van der Waals surface area contributed by atoms with Crippen LogP contribution < -0.4 is 4.90 Å². The topological polar surface area (TPSA) is 21.1 Å². The van der Waals surface area contributed by atoms with Crippen LogP contribution in [-0.2, 0) is 6.42 Å². The summed E-state index contributed by atoms with van der Waals surface area (Å²) in [7, 11) is 0. The van der Waals surface area contributed by atoms with Gasteiger partial charge in [-0.1, -0.05) is 91.9 Å². The second kappa shape index (κ2) is 7.93. The molecule has 9 rings (SSSR count). The first-order chi connectivity index (χ1) is 19.8. The quantitative estimate of drug-likeness (QED) is 0.235. The maximum atomic E-state index is 5.03. The zero-order valence-corrected chi connectivity index (χ0v) is 22.1. The molecule has 0 amide bonds. The molecule has 0 N–H and O–H groups in total. The molecule has 2 aliphatic rings. The molecule has 0 saturated carbocycles. The van der Waals surface area contributed by atoms with Crippen molar-refractivity contribution in [1.82, 2.24) is 9.55 Å². The van der Waals surface area contributed by atoms with E-state index in [9.17, 15) is 0 Å². The number of fused-ring (bicyclic) bond motifs is 5. The van der Waals surface area contributed by atoms with Crippen LogP contribution in [0.3, 0.4) is 0 Å². The van der Waals surface area contributed by atoms with Gasteiger partial charge in [0.05, 0.1) is 28.1 Å². The minimum Gasteiger partial charge on any atom is -0.306 e. The number of hydrogen-bond acceptors (Lipinski definition) is 2. The molecule has 0 radical (unpaired) electrons. The van der Waals surface area contributed by atoms with Crippen LogP contribution in [0, 0.1) is 0 Å². The van der Waals surface area contributed by atoms with Gasteiger partial charge in [0, 0.05) is 12.1 Å². The predicted octanol–water partition coefficient (Wildman–Crippen LogP) is 9.84. The summed E-state index contributed by atoms with van der Waals surface area (Å²) < 4.78 is 2.37. The van der Waals surface area contributed by atoms with Crippen LogP contribution in [0.5, 0.6) is 0 Å². The second-order valence-electron chi connectivity index (χ2n) is 10.7. The van der Waals surface area contributed by atoms with Gasteiger partial charge in [-0.2, -0.15) is 0 Å². The standard InChI is InChI=1S/C37H25N3/c1-2-35-38-31-16-9-17-33-37(31)40(35)32-21-18-23(22-34(32)39(33)24-10-4-3-5-11-24)25-19-20-30-27-13-7-6-12-26(27)29-15-8-14-28(25)36(29)30/h3-22H,2H2,1H3. The third-order valence-electron chi connectivity index (χ3n) is 8.61. The van der Waals surface area contributed by atoms with Gasteiger partial charge in [0.1, 0.15) is 5.82 Å². The Morgan fingerprint density at radius 3 is 2.12 bits per heavy atom. The number of benzene rings is 6. The molecule has 6 aromatic carbocycles. The van der Waals surface area contributed by atoms with Gasteiger partial charge in [0.2, 0.25) is 0 Å². The summed E-state index contributed by atoms with van der Waals surface area (Å²) >= 11 is 0. The van der Waals surface area contributed by atoms with E-state index in [4.69, 9.17) is 4.98 Å². The Labute approximate surface area is 232 Å². The Balaban J connectivity index is 1.33. The maximum Gasteiger partial charge on any atom is 0.114 e. The number of rotatable bonds is 3. The fourth-order valence-electron chi connectivity index (χ4n) is 6.94. The molecular formula is C37H25N3. The van der Waals surface area contributed by atoms with Crippen molar-refractivity contribution in [3.8, 4) is 39.1 Å². The fourth-order valence-corrected chi connectivity index (χ4v) is 6.94. The number of hydrogen-bond donors (Lipinski definition) is 0. The Morgan fingerprint density at radius 2 is 1.30 bits per heavy atom. The third kappa shape index (κ3) is 2.76. The van der Waals surface area contributed by atoms with E-state index in [0.29, 0.717) is 0 Å². The molecule has 7 aromatic rings. The largest absolute Gasteiger partial charge is 0.306 e. The molecule has 0 bridgehead atoms. The number of para-hydroxylation sites is 2. The Bertz CT molecular complexity index is 2120. The van der Waals surface area contributed by atoms with Crippen LogP contribution in [0.15, 0.2) is 121 Å². The highest BCUT2D eigenvalue weighted by Crippen LogP contribution is 2.51. The van der Waals surface area contributed by atoms with Crippen molar-refractivity contribution in [2.45, 2.75) is 13.3 Å². The molecule has 3 heteroatoms. The summed E-state index contributed by atoms with van der Waals surface area (Å²) in [6.07, 6.45) is 0.871. The third-order valence-corrected chi connectivity index (χ3v) is 8.61. The molecule has 0 atom stereocenters. The molecule has 0 unspecified atom stereocenters. The summed E-state index contributed by atoms with van der Waals surface area (Å²) in [5.41, 5.74) is 14.7. The minimum absolute atomic E-state index is 0.871. The zero-order chi connectivity index (χ0) is 26.4. The zero-order valence-electron chi connectivity index (χ0n) is 22.1.